The predicted octanol–water partition coefficient (Wildman–Crippen LogP) is 1.41. The van der Waals surface area contributed by atoms with Gasteiger partial charge in [-0.25, -0.2) is 0 Å². The standard InChI is InChI=1S/C16H19NO5/c1-21-14-5-3-2-4-12(14)6-7-15(18)17-8-9-22-13(11-17)10-16(19)20/h2-7,13H,8-11H2,1H3,(H,19,20). The minimum absolute atomic E-state index is 0.0972. The van der Waals surface area contributed by atoms with E-state index in [1.54, 1.807) is 18.1 Å². The Kier molecular flexibility index (Phi) is 5.55. The molecule has 1 aliphatic heterocycles. The van der Waals surface area contributed by atoms with Gasteiger partial charge in [0.1, 0.15) is 5.75 Å². The first-order valence-electron chi connectivity index (χ1n) is 7.03. The van der Waals surface area contributed by atoms with Crippen molar-refractivity contribution in [2.24, 2.45) is 0 Å². The van der Waals surface area contributed by atoms with Crippen molar-refractivity contribution in [2.45, 2.75) is 12.5 Å². The fourth-order valence-electron chi connectivity index (χ4n) is 2.31. The molecule has 6 nitrogen and oxygen atoms in total. The maximum atomic E-state index is 12.2. The van der Waals surface area contributed by atoms with E-state index in [0.717, 1.165) is 5.56 Å². The molecule has 1 atom stereocenters. The molecular formula is C16H19NO5. The number of nitrogens with zero attached hydrogens (tertiary/aromatic N) is 1. The SMILES string of the molecule is COc1ccccc1C=CC(=O)N1CCOC(CC(=O)O)C1. The smallest absolute Gasteiger partial charge is 0.306 e. The van der Waals surface area contributed by atoms with Crippen LogP contribution in [0.4, 0.5) is 0 Å². The van der Waals surface area contributed by atoms with Crippen molar-refractivity contribution in [3.63, 3.8) is 0 Å². The number of rotatable bonds is 5. The molecule has 22 heavy (non-hydrogen) atoms. The Morgan fingerprint density at radius 2 is 2.23 bits per heavy atom. The van der Waals surface area contributed by atoms with Crippen LogP contribution < -0.4 is 4.74 Å². The van der Waals surface area contributed by atoms with E-state index in [-0.39, 0.29) is 12.3 Å². The number of carboxylic acids is 1. The van der Waals surface area contributed by atoms with Gasteiger partial charge in [-0.15, -0.1) is 0 Å². The number of para-hydroxylation sites is 1. The minimum Gasteiger partial charge on any atom is -0.496 e. The number of carboxylic acid groups (broad SMARTS) is 1. The molecule has 118 valence electrons. The third kappa shape index (κ3) is 4.33. The molecule has 0 aromatic heterocycles. The van der Waals surface area contributed by atoms with Gasteiger partial charge in [0.25, 0.3) is 0 Å². The summed E-state index contributed by atoms with van der Waals surface area (Å²) in [6.45, 7) is 1.11. The number of amides is 1. The zero-order valence-electron chi connectivity index (χ0n) is 12.4. The Labute approximate surface area is 128 Å². The van der Waals surface area contributed by atoms with E-state index in [9.17, 15) is 9.59 Å². The second kappa shape index (κ2) is 7.61. The van der Waals surface area contributed by atoms with Gasteiger partial charge < -0.3 is 19.5 Å². The molecule has 1 unspecified atom stereocenters. The molecule has 1 saturated heterocycles. The van der Waals surface area contributed by atoms with E-state index in [0.29, 0.717) is 25.4 Å². The number of morpholine rings is 1. The Morgan fingerprint density at radius 3 is 2.95 bits per heavy atom. The van der Waals surface area contributed by atoms with Crippen LogP contribution in [0.25, 0.3) is 6.08 Å². The second-order valence-electron chi connectivity index (χ2n) is 4.95. The number of ether oxygens (including phenoxy) is 2. The average Bonchev–Trinajstić information content (AvgIpc) is 2.52. The fourth-order valence-corrected chi connectivity index (χ4v) is 2.31. The molecule has 0 bridgehead atoms. The topological polar surface area (TPSA) is 76.1 Å². The Balaban J connectivity index is 1.99. The van der Waals surface area contributed by atoms with Crippen molar-refractivity contribution in [2.75, 3.05) is 26.8 Å². The van der Waals surface area contributed by atoms with E-state index in [2.05, 4.69) is 0 Å². The van der Waals surface area contributed by atoms with E-state index in [4.69, 9.17) is 14.6 Å². The first-order chi connectivity index (χ1) is 10.6. The van der Waals surface area contributed by atoms with Crippen molar-refractivity contribution < 1.29 is 24.2 Å². The van der Waals surface area contributed by atoms with E-state index in [1.165, 1.54) is 6.08 Å². The maximum Gasteiger partial charge on any atom is 0.306 e. The van der Waals surface area contributed by atoms with Crippen LogP contribution in [0.5, 0.6) is 5.75 Å². The van der Waals surface area contributed by atoms with Gasteiger partial charge in [0.2, 0.25) is 5.91 Å². The summed E-state index contributed by atoms with van der Waals surface area (Å²) in [5.41, 5.74) is 0.814. The van der Waals surface area contributed by atoms with E-state index < -0.39 is 12.1 Å². The van der Waals surface area contributed by atoms with Crippen molar-refractivity contribution in [3.05, 3.63) is 35.9 Å². The van der Waals surface area contributed by atoms with Crippen LogP contribution in [0.15, 0.2) is 30.3 Å². The number of methoxy groups -OCH3 is 1. The van der Waals surface area contributed by atoms with Gasteiger partial charge in [-0.1, -0.05) is 18.2 Å². The Hall–Kier alpha value is -2.34. The van der Waals surface area contributed by atoms with Crippen LogP contribution in [0, 0.1) is 0 Å². The average molecular weight is 305 g/mol. The van der Waals surface area contributed by atoms with Gasteiger partial charge in [0.15, 0.2) is 0 Å². The number of aliphatic carboxylic acids is 1. The quantitative estimate of drug-likeness (QED) is 0.832. The zero-order valence-corrected chi connectivity index (χ0v) is 12.4. The summed E-state index contributed by atoms with van der Waals surface area (Å²) in [7, 11) is 1.58. The zero-order chi connectivity index (χ0) is 15.9. The lowest BCUT2D eigenvalue weighted by molar-refractivity contribution is -0.145. The van der Waals surface area contributed by atoms with E-state index >= 15 is 0 Å². The summed E-state index contributed by atoms with van der Waals surface area (Å²) in [4.78, 5) is 24.5. The van der Waals surface area contributed by atoms with Crippen LogP contribution in [0.1, 0.15) is 12.0 Å². The van der Waals surface area contributed by atoms with Crippen molar-refractivity contribution in [1.29, 1.82) is 0 Å². The summed E-state index contributed by atoms with van der Waals surface area (Å²) in [5.74, 6) is -0.397. The third-order valence-electron chi connectivity index (χ3n) is 3.40. The molecule has 0 saturated carbocycles. The van der Waals surface area contributed by atoms with Gasteiger partial charge in [0.05, 0.1) is 26.2 Å². The number of benzene rings is 1. The van der Waals surface area contributed by atoms with Crippen molar-refractivity contribution in [1.82, 2.24) is 4.90 Å². The number of carbonyl (C=O) groups excluding carboxylic acids is 1. The lowest BCUT2D eigenvalue weighted by Gasteiger charge is -2.31. The Morgan fingerprint density at radius 1 is 1.45 bits per heavy atom. The van der Waals surface area contributed by atoms with Gasteiger partial charge in [0, 0.05) is 24.7 Å². The minimum atomic E-state index is -0.927. The predicted molar refractivity (Wildman–Crippen MR) is 80.6 cm³/mol. The van der Waals surface area contributed by atoms with Crippen LogP contribution in [0.2, 0.25) is 0 Å². The fraction of sp³-hybridized carbons (Fsp3) is 0.375. The molecule has 0 aliphatic carbocycles. The molecule has 1 amide bonds. The molecule has 1 aromatic carbocycles. The second-order valence-corrected chi connectivity index (χ2v) is 4.95. The largest absolute Gasteiger partial charge is 0.496 e. The highest BCUT2D eigenvalue weighted by atomic mass is 16.5. The van der Waals surface area contributed by atoms with Crippen LogP contribution in [-0.4, -0.2) is 54.8 Å². The molecule has 1 fully saturated rings. The molecule has 1 N–H and O–H groups in total. The molecule has 1 aromatic rings. The van der Waals surface area contributed by atoms with Gasteiger partial charge in [-0.3, -0.25) is 9.59 Å². The first-order valence-corrected chi connectivity index (χ1v) is 7.03. The summed E-state index contributed by atoms with van der Waals surface area (Å²) < 4.78 is 10.6. The number of carbonyl (C=O) groups is 2. The van der Waals surface area contributed by atoms with Gasteiger partial charge >= 0.3 is 5.97 Å². The lowest BCUT2D eigenvalue weighted by atomic mass is 10.1. The first kappa shape index (κ1) is 16.0. The highest BCUT2D eigenvalue weighted by Crippen LogP contribution is 2.19. The summed E-state index contributed by atoms with van der Waals surface area (Å²) in [6.07, 6.45) is 2.62. The summed E-state index contributed by atoms with van der Waals surface area (Å²) in [5, 5.41) is 8.79. The highest BCUT2D eigenvalue weighted by Gasteiger charge is 2.24. The lowest BCUT2D eigenvalue weighted by Crippen LogP contribution is -2.45. The van der Waals surface area contributed by atoms with Crippen molar-refractivity contribution in [3.8, 4) is 5.75 Å². The molecule has 0 spiro atoms. The third-order valence-corrected chi connectivity index (χ3v) is 3.40. The van der Waals surface area contributed by atoms with Crippen LogP contribution >= 0.6 is 0 Å². The number of hydrogen-bond acceptors (Lipinski definition) is 4. The molecule has 0 radical (unpaired) electrons. The molecule has 1 aliphatic rings. The maximum absolute atomic E-state index is 12.2. The van der Waals surface area contributed by atoms with Gasteiger partial charge in [-0.2, -0.15) is 0 Å². The molecule has 2 rings (SSSR count). The monoisotopic (exact) mass is 305 g/mol. The van der Waals surface area contributed by atoms with Crippen LogP contribution in [0.3, 0.4) is 0 Å². The molecule has 1 heterocycles. The van der Waals surface area contributed by atoms with Crippen LogP contribution in [-0.2, 0) is 14.3 Å². The highest BCUT2D eigenvalue weighted by molar-refractivity contribution is 5.92. The summed E-state index contributed by atoms with van der Waals surface area (Å²) >= 11 is 0. The molecule has 6 heteroatoms. The number of hydrogen-bond donors (Lipinski definition) is 1. The summed E-state index contributed by atoms with van der Waals surface area (Å²) in [6, 6.07) is 7.40. The van der Waals surface area contributed by atoms with Crippen molar-refractivity contribution >= 4 is 18.0 Å². The normalized spacial score (nSPS) is 18.4. The van der Waals surface area contributed by atoms with Gasteiger partial charge in [-0.05, 0) is 12.1 Å². The Bertz CT molecular complexity index is 569. The van der Waals surface area contributed by atoms with E-state index in [1.807, 2.05) is 24.3 Å². The molecular weight excluding hydrogens is 286 g/mol.